The van der Waals surface area contributed by atoms with Gasteiger partial charge in [0, 0.05) is 13.0 Å². The molecule has 0 aromatic carbocycles. The molecule has 0 radical (unpaired) electrons. The summed E-state index contributed by atoms with van der Waals surface area (Å²) in [6.07, 6.45) is 6.50. The Balaban J connectivity index is 3.20. The van der Waals surface area contributed by atoms with Gasteiger partial charge in [-0.2, -0.15) is 0 Å². The Morgan fingerprint density at radius 2 is 2.15 bits per heavy atom. The fraction of sp³-hybridized carbons (Fsp3) is 0.700. The van der Waals surface area contributed by atoms with Crippen LogP contribution in [0.25, 0.3) is 0 Å². The molecule has 0 rings (SSSR count). The maximum Gasteiger partial charge on any atom is 0.220 e. The van der Waals surface area contributed by atoms with Crippen LogP contribution in [0.3, 0.4) is 0 Å². The fourth-order valence-electron chi connectivity index (χ4n) is 0.976. The van der Waals surface area contributed by atoms with Crippen molar-refractivity contribution in [1.29, 1.82) is 0 Å². The topological polar surface area (TPSA) is 41.1 Å². The number of nitrogens with one attached hydrogen (secondary N) is 2. The number of carbonyl (C=O) groups is 1. The van der Waals surface area contributed by atoms with Gasteiger partial charge in [-0.25, -0.2) is 0 Å². The summed E-state index contributed by atoms with van der Waals surface area (Å²) < 4.78 is 0. The molecule has 0 atom stereocenters. The number of carbonyl (C=O) groups excluding carboxylic acids is 1. The lowest BCUT2D eigenvalue weighted by molar-refractivity contribution is -0.121. The van der Waals surface area contributed by atoms with Crippen molar-refractivity contribution in [2.24, 2.45) is 0 Å². The molecule has 0 aliphatic rings. The molecule has 0 saturated heterocycles. The van der Waals surface area contributed by atoms with Crippen molar-refractivity contribution in [3.8, 4) is 0 Å². The molecule has 0 unspecified atom stereocenters. The minimum Gasteiger partial charge on any atom is -0.356 e. The molecule has 0 aromatic heterocycles. The Kier molecular flexibility index (Phi) is 8.67. The van der Waals surface area contributed by atoms with Crippen LogP contribution in [0.4, 0.5) is 0 Å². The van der Waals surface area contributed by atoms with E-state index in [1.807, 2.05) is 26.1 Å². The van der Waals surface area contributed by atoms with Gasteiger partial charge < -0.3 is 10.6 Å². The molecule has 0 fully saturated rings. The molecule has 0 aliphatic heterocycles. The highest BCUT2D eigenvalue weighted by atomic mass is 16.1. The third-order valence-corrected chi connectivity index (χ3v) is 1.70. The van der Waals surface area contributed by atoms with E-state index >= 15 is 0 Å². The monoisotopic (exact) mass is 184 g/mol. The average Bonchev–Trinajstić information content (AvgIpc) is 2.13. The van der Waals surface area contributed by atoms with Crippen molar-refractivity contribution in [3.05, 3.63) is 12.2 Å². The van der Waals surface area contributed by atoms with Crippen LogP contribution < -0.4 is 10.6 Å². The van der Waals surface area contributed by atoms with Gasteiger partial charge in [0.2, 0.25) is 5.91 Å². The average molecular weight is 184 g/mol. The normalized spacial score (nSPS) is 10.6. The van der Waals surface area contributed by atoms with Gasteiger partial charge >= 0.3 is 0 Å². The van der Waals surface area contributed by atoms with Crippen LogP contribution in [0.1, 0.15) is 26.2 Å². The van der Waals surface area contributed by atoms with Crippen LogP contribution in [0.2, 0.25) is 0 Å². The third kappa shape index (κ3) is 9.08. The number of hydrogen-bond acceptors (Lipinski definition) is 2. The molecule has 0 saturated carbocycles. The Bertz CT molecular complexity index is 155. The van der Waals surface area contributed by atoms with E-state index in [1.165, 1.54) is 0 Å². The van der Waals surface area contributed by atoms with Gasteiger partial charge in [0.25, 0.3) is 0 Å². The first-order valence-corrected chi connectivity index (χ1v) is 4.83. The zero-order valence-electron chi connectivity index (χ0n) is 8.60. The summed E-state index contributed by atoms with van der Waals surface area (Å²) in [4.78, 5) is 11.1. The number of rotatable bonds is 7. The first-order chi connectivity index (χ1) is 6.31. The quantitative estimate of drug-likeness (QED) is 0.459. The van der Waals surface area contributed by atoms with Gasteiger partial charge in [-0.15, -0.1) is 0 Å². The van der Waals surface area contributed by atoms with Crippen LogP contribution in [0.5, 0.6) is 0 Å². The van der Waals surface area contributed by atoms with Crippen molar-refractivity contribution in [1.82, 2.24) is 10.6 Å². The predicted octanol–water partition coefficient (Wildman–Crippen LogP) is 1.07. The molecule has 0 aliphatic carbocycles. The summed E-state index contributed by atoms with van der Waals surface area (Å²) in [7, 11) is 1.89. The highest BCUT2D eigenvalue weighted by molar-refractivity contribution is 5.75. The first kappa shape index (κ1) is 12.2. The van der Waals surface area contributed by atoms with Crippen LogP contribution in [0, 0.1) is 0 Å². The zero-order chi connectivity index (χ0) is 9.94. The molecule has 0 heterocycles. The second kappa shape index (κ2) is 9.26. The van der Waals surface area contributed by atoms with E-state index in [0.29, 0.717) is 6.42 Å². The Morgan fingerprint density at radius 3 is 2.77 bits per heavy atom. The van der Waals surface area contributed by atoms with Gasteiger partial charge in [-0.3, -0.25) is 4.79 Å². The zero-order valence-corrected chi connectivity index (χ0v) is 8.60. The number of amides is 1. The van der Waals surface area contributed by atoms with Gasteiger partial charge in [0.15, 0.2) is 0 Å². The number of allylic oxidation sites excluding steroid dienone is 1. The Morgan fingerprint density at radius 1 is 1.38 bits per heavy atom. The summed E-state index contributed by atoms with van der Waals surface area (Å²) in [5.41, 5.74) is 0. The second-order valence-corrected chi connectivity index (χ2v) is 2.91. The summed E-state index contributed by atoms with van der Waals surface area (Å²) >= 11 is 0. The molecule has 0 aromatic rings. The fourth-order valence-corrected chi connectivity index (χ4v) is 0.976. The van der Waals surface area contributed by atoms with E-state index in [9.17, 15) is 4.79 Å². The molecule has 0 spiro atoms. The van der Waals surface area contributed by atoms with Gasteiger partial charge in [0.1, 0.15) is 0 Å². The lowest BCUT2D eigenvalue weighted by atomic mass is 10.3. The molecule has 1 amide bonds. The van der Waals surface area contributed by atoms with Crippen LogP contribution >= 0.6 is 0 Å². The maximum atomic E-state index is 11.1. The highest BCUT2D eigenvalue weighted by Gasteiger charge is 1.97. The molecule has 76 valence electrons. The summed E-state index contributed by atoms with van der Waals surface area (Å²) in [6.45, 7) is 3.64. The molecule has 3 heteroatoms. The van der Waals surface area contributed by atoms with Crippen LogP contribution in [0.15, 0.2) is 12.2 Å². The van der Waals surface area contributed by atoms with Crippen LogP contribution in [-0.2, 0) is 4.79 Å². The highest BCUT2D eigenvalue weighted by Crippen LogP contribution is 1.87. The maximum absolute atomic E-state index is 11.1. The number of hydrogen-bond donors (Lipinski definition) is 2. The standard InChI is InChI=1S/C10H20N2O/c1-3-4-5-9-12-10(13)7-6-8-11-2/h3-4,11H,5-9H2,1-2H3,(H,12,13)/b4-3+. The molecular formula is C10H20N2O. The SMILES string of the molecule is C/C=C/CCNC(=O)CCCNC. The van der Waals surface area contributed by atoms with Gasteiger partial charge in [-0.1, -0.05) is 12.2 Å². The smallest absolute Gasteiger partial charge is 0.220 e. The molecule has 3 nitrogen and oxygen atoms in total. The minimum atomic E-state index is 0.153. The summed E-state index contributed by atoms with van der Waals surface area (Å²) in [6, 6.07) is 0. The first-order valence-electron chi connectivity index (χ1n) is 4.83. The van der Waals surface area contributed by atoms with E-state index < -0.39 is 0 Å². The second-order valence-electron chi connectivity index (χ2n) is 2.91. The molecule has 2 N–H and O–H groups in total. The van der Waals surface area contributed by atoms with Crippen molar-refractivity contribution in [2.45, 2.75) is 26.2 Å². The summed E-state index contributed by atoms with van der Waals surface area (Å²) in [5.74, 6) is 0.153. The van der Waals surface area contributed by atoms with Gasteiger partial charge in [0.05, 0.1) is 0 Å². The minimum absolute atomic E-state index is 0.153. The predicted molar refractivity (Wildman–Crippen MR) is 55.6 cm³/mol. The van der Waals surface area contributed by atoms with E-state index in [-0.39, 0.29) is 5.91 Å². The largest absolute Gasteiger partial charge is 0.356 e. The van der Waals surface area contributed by atoms with Crippen molar-refractivity contribution < 1.29 is 4.79 Å². The van der Waals surface area contributed by atoms with Crippen molar-refractivity contribution in [2.75, 3.05) is 20.1 Å². The molecule has 0 bridgehead atoms. The molecular weight excluding hydrogens is 164 g/mol. The lowest BCUT2D eigenvalue weighted by Gasteiger charge is -2.02. The third-order valence-electron chi connectivity index (χ3n) is 1.70. The van der Waals surface area contributed by atoms with E-state index in [4.69, 9.17) is 0 Å². The van der Waals surface area contributed by atoms with Crippen molar-refractivity contribution in [3.63, 3.8) is 0 Å². The summed E-state index contributed by atoms with van der Waals surface area (Å²) in [5, 5.41) is 5.87. The lowest BCUT2D eigenvalue weighted by Crippen LogP contribution is -2.24. The molecule has 13 heavy (non-hydrogen) atoms. The van der Waals surface area contributed by atoms with E-state index in [1.54, 1.807) is 0 Å². The Hall–Kier alpha value is -0.830. The van der Waals surface area contributed by atoms with E-state index in [2.05, 4.69) is 10.6 Å². The Labute approximate surface area is 80.6 Å². The van der Waals surface area contributed by atoms with E-state index in [0.717, 1.165) is 25.9 Å². The van der Waals surface area contributed by atoms with Crippen molar-refractivity contribution >= 4 is 5.91 Å². The van der Waals surface area contributed by atoms with Crippen LogP contribution in [-0.4, -0.2) is 26.0 Å². The van der Waals surface area contributed by atoms with Gasteiger partial charge in [-0.05, 0) is 33.4 Å².